The minimum atomic E-state index is 0.520. The number of aromatic nitrogens is 2. The summed E-state index contributed by atoms with van der Waals surface area (Å²) < 4.78 is 5.23. The van der Waals surface area contributed by atoms with Gasteiger partial charge in [0.25, 0.3) is 0 Å². The standard InChI is InChI=1S/C12H12N2OS/c1-16-10-6-4-8(5-7-10)11-13-12(15-14-11)9-2-3-9/h4-7,9H,2-3H2,1H3. The van der Waals surface area contributed by atoms with Crippen LogP contribution in [0.2, 0.25) is 0 Å². The summed E-state index contributed by atoms with van der Waals surface area (Å²) in [5.41, 5.74) is 1.02. The Bertz CT molecular complexity index is 488. The van der Waals surface area contributed by atoms with Crippen LogP contribution in [0.5, 0.6) is 0 Å². The highest BCUT2D eigenvalue weighted by Gasteiger charge is 2.29. The summed E-state index contributed by atoms with van der Waals surface area (Å²) in [4.78, 5) is 5.66. The van der Waals surface area contributed by atoms with Crippen molar-refractivity contribution in [3.63, 3.8) is 0 Å². The first-order valence-corrected chi connectivity index (χ1v) is 6.57. The highest BCUT2D eigenvalue weighted by molar-refractivity contribution is 7.98. The molecule has 4 heteroatoms. The predicted octanol–water partition coefficient (Wildman–Crippen LogP) is 3.34. The van der Waals surface area contributed by atoms with Crippen LogP contribution < -0.4 is 0 Å². The lowest BCUT2D eigenvalue weighted by atomic mass is 10.2. The molecule has 1 fully saturated rings. The number of hydrogen-bond acceptors (Lipinski definition) is 4. The van der Waals surface area contributed by atoms with Gasteiger partial charge in [-0.2, -0.15) is 4.98 Å². The molecule has 82 valence electrons. The van der Waals surface area contributed by atoms with Gasteiger partial charge in [0.15, 0.2) is 0 Å². The van der Waals surface area contributed by atoms with Crippen molar-refractivity contribution in [3.8, 4) is 11.4 Å². The molecule has 2 aromatic rings. The van der Waals surface area contributed by atoms with E-state index < -0.39 is 0 Å². The third kappa shape index (κ3) is 1.85. The van der Waals surface area contributed by atoms with Crippen molar-refractivity contribution < 1.29 is 4.52 Å². The molecule has 1 aliphatic carbocycles. The molecule has 0 spiro atoms. The van der Waals surface area contributed by atoms with E-state index in [4.69, 9.17) is 4.52 Å². The van der Waals surface area contributed by atoms with E-state index in [1.165, 1.54) is 17.7 Å². The molecular weight excluding hydrogens is 220 g/mol. The number of hydrogen-bond donors (Lipinski definition) is 0. The predicted molar refractivity (Wildman–Crippen MR) is 63.5 cm³/mol. The monoisotopic (exact) mass is 232 g/mol. The van der Waals surface area contributed by atoms with Gasteiger partial charge in [-0.1, -0.05) is 5.16 Å². The van der Waals surface area contributed by atoms with Gasteiger partial charge in [0.1, 0.15) is 0 Å². The Morgan fingerprint density at radius 3 is 2.62 bits per heavy atom. The molecule has 3 rings (SSSR count). The Labute approximate surface area is 98.3 Å². The molecule has 1 saturated carbocycles. The van der Waals surface area contributed by atoms with Crippen LogP contribution in [0, 0.1) is 0 Å². The number of thioether (sulfide) groups is 1. The first kappa shape index (κ1) is 9.90. The van der Waals surface area contributed by atoms with E-state index in [0.29, 0.717) is 11.7 Å². The molecule has 0 N–H and O–H groups in total. The first-order chi connectivity index (χ1) is 7.86. The maximum absolute atomic E-state index is 5.23. The molecule has 1 aromatic heterocycles. The first-order valence-electron chi connectivity index (χ1n) is 5.35. The molecule has 1 heterocycles. The lowest BCUT2D eigenvalue weighted by Gasteiger charge is -1.96. The maximum Gasteiger partial charge on any atom is 0.230 e. The van der Waals surface area contributed by atoms with Gasteiger partial charge < -0.3 is 4.52 Å². The zero-order valence-corrected chi connectivity index (χ0v) is 9.83. The third-order valence-corrected chi connectivity index (χ3v) is 3.46. The lowest BCUT2D eigenvalue weighted by Crippen LogP contribution is -1.82. The Morgan fingerprint density at radius 1 is 1.25 bits per heavy atom. The summed E-state index contributed by atoms with van der Waals surface area (Å²) in [6, 6.07) is 8.22. The second-order valence-corrected chi connectivity index (χ2v) is 4.84. The lowest BCUT2D eigenvalue weighted by molar-refractivity contribution is 0.380. The van der Waals surface area contributed by atoms with Crippen molar-refractivity contribution in [2.24, 2.45) is 0 Å². The van der Waals surface area contributed by atoms with Gasteiger partial charge in [0.05, 0.1) is 0 Å². The Kier molecular flexibility index (Phi) is 2.44. The largest absolute Gasteiger partial charge is 0.339 e. The summed E-state index contributed by atoms with van der Waals surface area (Å²) in [5, 5.41) is 4.01. The molecule has 0 amide bonds. The minimum absolute atomic E-state index is 0.520. The van der Waals surface area contributed by atoms with E-state index in [-0.39, 0.29) is 0 Å². The van der Waals surface area contributed by atoms with E-state index in [1.54, 1.807) is 11.8 Å². The summed E-state index contributed by atoms with van der Waals surface area (Å²) in [7, 11) is 0. The molecule has 0 aliphatic heterocycles. The quantitative estimate of drug-likeness (QED) is 0.761. The summed E-state index contributed by atoms with van der Waals surface area (Å²) >= 11 is 1.73. The molecule has 3 nitrogen and oxygen atoms in total. The molecule has 16 heavy (non-hydrogen) atoms. The third-order valence-electron chi connectivity index (χ3n) is 2.72. The smallest absolute Gasteiger partial charge is 0.230 e. The second kappa shape index (κ2) is 3.94. The van der Waals surface area contributed by atoms with Crippen molar-refractivity contribution >= 4 is 11.8 Å². The Hall–Kier alpha value is -1.29. The SMILES string of the molecule is CSc1ccc(-c2noc(C3CC3)n2)cc1. The van der Waals surface area contributed by atoms with E-state index in [1.807, 2.05) is 12.1 Å². The van der Waals surface area contributed by atoms with Gasteiger partial charge in [-0.3, -0.25) is 0 Å². The van der Waals surface area contributed by atoms with Crippen molar-refractivity contribution in [1.29, 1.82) is 0 Å². The van der Waals surface area contributed by atoms with Crippen LogP contribution in [0.3, 0.4) is 0 Å². The second-order valence-electron chi connectivity index (χ2n) is 3.96. The van der Waals surface area contributed by atoms with E-state index in [2.05, 4.69) is 28.5 Å². The van der Waals surface area contributed by atoms with Gasteiger partial charge in [-0.15, -0.1) is 11.8 Å². The summed E-state index contributed by atoms with van der Waals surface area (Å²) in [6.45, 7) is 0. The number of rotatable bonds is 3. The molecular formula is C12H12N2OS. The van der Waals surface area contributed by atoms with Gasteiger partial charge in [-0.25, -0.2) is 0 Å². The van der Waals surface area contributed by atoms with Gasteiger partial charge in [0.2, 0.25) is 11.7 Å². The Morgan fingerprint density at radius 2 is 2.00 bits per heavy atom. The van der Waals surface area contributed by atoms with E-state index >= 15 is 0 Å². The fraction of sp³-hybridized carbons (Fsp3) is 0.333. The van der Waals surface area contributed by atoms with E-state index in [0.717, 1.165) is 11.5 Å². The minimum Gasteiger partial charge on any atom is -0.339 e. The zero-order chi connectivity index (χ0) is 11.0. The fourth-order valence-electron chi connectivity index (χ4n) is 1.59. The molecule has 0 saturated heterocycles. The average molecular weight is 232 g/mol. The number of nitrogens with zero attached hydrogens (tertiary/aromatic N) is 2. The van der Waals surface area contributed by atoms with E-state index in [9.17, 15) is 0 Å². The zero-order valence-electron chi connectivity index (χ0n) is 9.01. The van der Waals surface area contributed by atoms with Crippen LogP contribution in [0.1, 0.15) is 24.7 Å². The molecule has 1 aliphatic rings. The highest BCUT2D eigenvalue weighted by Crippen LogP contribution is 2.39. The normalized spacial score (nSPS) is 15.3. The van der Waals surface area contributed by atoms with Crippen LogP contribution >= 0.6 is 11.8 Å². The van der Waals surface area contributed by atoms with Gasteiger partial charge in [-0.05, 0) is 43.4 Å². The van der Waals surface area contributed by atoms with Gasteiger partial charge in [0, 0.05) is 16.4 Å². The van der Waals surface area contributed by atoms with Crippen molar-refractivity contribution in [3.05, 3.63) is 30.2 Å². The molecule has 1 aromatic carbocycles. The summed E-state index contributed by atoms with van der Waals surface area (Å²) in [6.07, 6.45) is 4.44. The van der Waals surface area contributed by atoms with Crippen LogP contribution in [0.15, 0.2) is 33.7 Å². The highest BCUT2D eigenvalue weighted by atomic mass is 32.2. The van der Waals surface area contributed by atoms with Crippen LogP contribution in [-0.2, 0) is 0 Å². The molecule has 0 unspecified atom stereocenters. The van der Waals surface area contributed by atoms with Crippen molar-refractivity contribution in [2.75, 3.05) is 6.26 Å². The van der Waals surface area contributed by atoms with Crippen LogP contribution in [0.25, 0.3) is 11.4 Å². The molecule has 0 bridgehead atoms. The molecule has 0 radical (unpaired) electrons. The maximum atomic E-state index is 5.23. The van der Waals surface area contributed by atoms with Crippen LogP contribution in [-0.4, -0.2) is 16.4 Å². The topological polar surface area (TPSA) is 38.9 Å². The van der Waals surface area contributed by atoms with Gasteiger partial charge >= 0.3 is 0 Å². The van der Waals surface area contributed by atoms with Crippen LogP contribution in [0.4, 0.5) is 0 Å². The Balaban J connectivity index is 1.88. The average Bonchev–Trinajstić information content (AvgIpc) is 3.08. The number of benzene rings is 1. The van der Waals surface area contributed by atoms with Crippen molar-refractivity contribution in [2.45, 2.75) is 23.7 Å². The summed E-state index contributed by atoms with van der Waals surface area (Å²) in [5.74, 6) is 2.02. The fourth-order valence-corrected chi connectivity index (χ4v) is 2.00. The molecule has 0 atom stereocenters. The van der Waals surface area contributed by atoms with Crippen molar-refractivity contribution in [1.82, 2.24) is 10.1 Å².